The van der Waals surface area contributed by atoms with E-state index in [1.165, 1.54) is 66.8 Å². The number of fused-ring (bicyclic) bond motifs is 3. The molecule has 0 unspecified atom stereocenters. The molecule has 0 aromatic heterocycles. The third-order valence-corrected chi connectivity index (χ3v) is 11.9. The van der Waals surface area contributed by atoms with Crippen molar-refractivity contribution in [3.05, 3.63) is 284 Å². The molecule has 11 rings (SSSR count). The van der Waals surface area contributed by atoms with Gasteiger partial charge in [0.05, 0.1) is 0 Å². The predicted molar refractivity (Wildman–Crippen MR) is 270 cm³/mol. The fraction of sp³-hybridized carbons (Fsp3) is 0.0476. The van der Waals surface area contributed by atoms with Gasteiger partial charge in [0, 0.05) is 17.1 Å². The van der Waals surface area contributed by atoms with Crippen LogP contribution in [0.25, 0.3) is 55.6 Å². The van der Waals surface area contributed by atoms with Crippen molar-refractivity contribution < 1.29 is 29.6 Å². The van der Waals surface area contributed by atoms with Crippen molar-refractivity contribution in [2.75, 3.05) is 4.90 Å². The van der Waals surface area contributed by atoms with E-state index in [1.807, 2.05) is 42.5 Å². The Morgan fingerprint density at radius 2 is 0.677 bits per heavy atom. The van der Waals surface area contributed by atoms with Crippen LogP contribution in [-0.4, -0.2) is 0 Å². The maximum atomic E-state index is 3.25. The Labute approximate surface area is 407 Å². The number of para-hydroxylation sites is 1. The summed E-state index contributed by atoms with van der Waals surface area (Å²) in [4.78, 5) is 2.30. The molecule has 1 nitrogen and oxygen atoms in total. The summed E-state index contributed by atoms with van der Waals surface area (Å²) in [6.45, 7) is 4.57. The van der Waals surface area contributed by atoms with Crippen LogP contribution in [0.4, 0.5) is 17.1 Å². The summed E-state index contributed by atoms with van der Waals surface area (Å²) in [5.74, 6) is 0. The second-order valence-corrected chi connectivity index (χ2v) is 16.3. The molecule has 0 fully saturated rings. The van der Waals surface area contributed by atoms with Gasteiger partial charge in [-0.2, -0.15) is 78.9 Å². The zero-order chi connectivity index (χ0) is 43.6. The van der Waals surface area contributed by atoms with Gasteiger partial charge in [-0.1, -0.05) is 177 Å². The molecule has 10 aromatic carbocycles. The van der Waals surface area contributed by atoms with Gasteiger partial charge in [-0.3, -0.25) is 0 Å². The molecule has 0 spiro atoms. The van der Waals surface area contributed by atoms with Crippen LogP contribution in [0.5, 0.6) is 0 Å². The molecular weight excluding hydrogens is 794 g/mol. The average Bonchev–Trinajstić information content (AvgIpc) is 3.62. The molecule has 2 heteroatoms. The molecule has 1 aliphatic carbocycles. The normalized spacial score (nSPS) is 11.5. The zero-order valence-electron chi connectivity index (χ0n) is 37.2. The molecule has 0 N–H and O–H groups in total. The van der Waals surface area contributed by atoms with Crippen LogP contribution >= 0.6 is 0 Å². The Morgan fingerprint density at radius 3 is 1.26 bits per heavy atom. The molecule has 0 amide bonds. The minimum absolute atomic E-state index is 0. The first-order valence-corrected chi connectivity index (χ1v) is 21.8. The number of anilines is 3. The van der Waals surface area contributed by atoms with E-state index in [0.29, 0.717) is 0 Å². The van der Waals surface area contributed by atoms with E-state index in [2.05, 4.69) is 249 Å². The van der Waals surface area contributed by atoms with Crippen molar-refractivity contribution in [3.8, 4) is 55.6 Å². The summed E-state index contributed by atoms with van der Waals surface area (Å²) in [5.41, 5.74) is 18.8. The molecule has 0 atom stereocenters. The number of benzene rings is 10. The van der Waals surface area contributed by atoms with Gasteiger partial charge in [-0.15, -0.1) is 27.8 Å². The fourth-order valence-electron chi connectivity index (χ4n) is 8.59. The van der Waals surface area contributed by atoms with Gasteiger partial charge in [0.25, 0.3) is 0 Å². The first-order valence-electron chi connectivity index (χ1n) is 21.8. The van der Waals surface area contributed by atoms with Gasteiger partial charge in [0.1, 0.15) is 0 Å². The van der Waals surface area contributed by atoms with Crippen molar-refractivity contribution in [1.29, 1.82) is 0 Å². The van der Waals surface area contributed by atoms with E-state index in [9.17, 15) is 0 Å². The standard InChI is InChI=1S/C36H26N.C15H13.C12H9.Na/c1-4-12-28(13-5-1)29-20-24-33(25-21-29)37(32-16-8-3-9-17-32)34-26-22-31(23-27-34)36-19-11-10-18-35(36)30-14-6-2-7-15-30;1-15(2)13-9-5-3-7-11(13)12-8-4-6-10-14(12)15;1-3-7-11(8-4-1)12-9-5-2-6-10-12;/h1-9,11-27H;3-5,7-10H,1-2H3;1,3-10H;/q3*-1;+1. The first-order chi connectivity index (χ1) is 31.5. The summed E-state index contributed by atoms with van der Waals surface area (Å²) in [6.07, 6.45) is 0. The van der Waals surface area contributed by atoms with Gasteiger partial charge < -0.3 is 4.90 Å². The number of hydrogen-bond acceptors (Lipinski definition) is 1. The zero-order valence-corrected chi connectivity index (χ0v) is 39.2. The maximum absolute atomic E-state index is 3.25. The van der Waals surface area contributed by atoms with Crippen LogP contribution in [0.2, 0.25) is 0 Å². The molecule has 1 aliphatic rings. The van der Waals surface area contributed by atoms with Crippen LogP contribution in [-0.2, 0) is 5.41 Å². The second kappa shape index (κ2) is 21.1. The van der Waals surface area contributed by atoms with E-state index in [4.69, 9.17) is 0 Å². The molecule has 0 saturated carbocycles. The van der Waals surface area contributed by atoms with Crippen molar-refractivity contribution in [2.45, 2.75) is 19.3 Å². The summed E-state index contributed by atoms with van der Waals surface area (Å²) >= 11 is 0. The molecule has 0 radical (unpaired) electrons. The molecular formula is C63H48NNa-2. The van der Waals surface area contributed by atoms with E-state index < -0.39 is 0 Å². The monoisotopic (exact) mass is 841 g/mol. The summed E-state index contributed by atoms with van der Waals surface area (Å²) in [7, 11) is 0. The van der Waals surface area contributed by atoms with Gasteiger partial charge >= 0.3 is 29.6 Å². The van der Waals surface area contributed by atoms with Crippen molar-refractivity contribution >= 4 is 17.1 Å². The van der Waals surface area contributed by atoms with E-state index in [-0.39, 0.29) is 35.0 Å². The third kappa shape index (κ3) is 10.2. The van der Waals surface area contributed by atoms with Gasteiger partial charge in [-0.05, 0) is 75.2 Å². The van der Waals surface area contributed by atoms with Crippen molar-refractivity contribution in [1.82, 2.24) is 0 Å². The Kier molecular flexibility index (Phi) is 14.5. The number of rotatable bonds is 7. The molecule has 0 saturated heterocycles. The largest absolute Gasteiger partial charge is 1.00 e. The maximum Gasteiger partial charge on any atom is 1.00 e. The van der Waals surface area contributed by atoms with Crippen LogP contribution in [0, 0.1) is 18.2 Å². The summed E-state index contributed by atoms with van der Waals surface area (Å²) < 4.78 is 0. The van der Waals surface area contributed by atoms with Crippen LogP contribution in [0.1, 0.15) is 25.0 Å². The Balaban J connectivity index is 0.000000167. The van der Waals surface area contributed by atoms with Gasteiger partial charge in [-0.25, -0.2) is 0 Å². The topological polar surface area (TPSA) is 3.24 Å². The third-order valence-electron chi connectivity index (χ3n) is 11.9. The molecule has 0 aliphatic heterocycles. The Bertz CT molecular complexity index is 2940. The minimum atomic E-state index is 0. The summed E-state index contributed by atoms with van der Waals surface area (Å²) in [6, 6.07) is 98.1. The number of hydrogen-bond donors (Lipinski definition) is 0. The number of nitrogens with zero attached hydrogens (tertiary/aromatic N) is 1. The molecule has 10 aromatic rings. The smallest absolute Gasteiger partial charge is 0.311 e. The fourth-order valence-corrected chi connectivity index (χ4v) is 8.59. The van der Waals surface area contributed by atoms with Crippen LogP contribution in [0.15, 0.2) is 255 Å². The molecule has 0 bridgehead atoms. The quantitative estimate of drug-likeness (QED) is 0.114. The first kappa shape index (κ1) is 44.6. The van der Waals surface area contributed by atoms with Crippen molar-refractivity contribution in [3.63, 3.8) is 0 Å². The predicted octanol–water partition coefficient (Wildman–Crippen LogP) is 13.9. The summed E-state index contributed by atoms with van der Waals surface area (Å²) in [5, 5.41) is 0. The second-order valence-electron chi connectivity index (χ2n) is 16.3. The molecule has 65 heavy (non-hydrogen) atoms. The van der Waals surface area contributed by atoms with E-state index >= 15 is 0 Å². The van der Waals surface area contributed by atoms with E-state index in [0.717, 1.165) is 17.1 Å². The molecule has 308 valence electrons. The van der Waals surface area contributed by atoms with Crippen molar-refractivity contribution in [2.24, 2.45) is 0 Å². The minimum Gasteiger partial charge on any atom is -0.311 e. The Hall–Kier alpha value is -7.00. The Morgan fingerprint density at radius 1 is 0.292 bits per heavy atom. The van der Waals surface area contributed by atoms with E-state index in [1.54, 1.807) is 0 Å². The van der Waals surface area contributed by atoms with Gasteiger partial charge in [0.15, 0.2) is 0 Å². The van der Waals surface area contributed by atoms with Crippen LogP contribution < -0.4 is 34.5 Å². The van der Waals surface area contributed by atoms with Crippen LogP contribution in [0.3, 0.4) is 0 Å². The average molecular weight is 842 g/mol. The van der Waals surface area contributed by atoms with Gasteiger partial charge in [0.2, 0.25) is 0 Å². The molecule has 0 heterocycles. The SMILES string of the molecule is CC1(C)c2c[c-]ccc2-c2ccccc21.[Na+].[c-]1ccc(-c2ccc(N(c3ccccc3)c3ccc(-c4ccccc4)cc3)cc2)c(-c2ccccc2)c1.[c-]1ccc(-c2ccccc2)cc1.